The Hall–Kier alpha value is -2.96. The number of amides is 1. The summed E-state index contributed by atoms with van der Waals surface area (Å²) < 4.78 is 5.00. The van der Waals surface area contributed by atoms with Gasteiger partial charge in [0.1, 0.15) is 0 Å². The fraction of sp³-hybridized carbons (Fsp3) is 0.200. The van der Waals surface area contributed by atoms with Crippen LogP contribution in [0.4, 0.5) is 11.4 Å². The zero-order chi connectivity index (χ0) is 16.1. The van der Waals surface area contributed by atoms with Crippen LogP contribution in [0.15, 0.2) is 36.4 Å². The van der Waals surface area contributed by atoms with Crippen LogP contribution < -0.4 is 10.1 Å². The van der Waals surface area contributed by atoms with Crippen LogP contribution in [0.2, 0.25) is 0 Å². The van der Waals surface area contributed by atoms with Crippen molar-refractivity contribution in [2.75, 3.05) is 12.4 Å². The highest BCUT2D eigenvalue weighted by atomic mass is 16.6. The Morgan fingerprint density at radius 2 is 2.14 bits per heavy atom. The number of hydrogen-bond acceptors (Lipinski definition) is 5. The molecular formula is C15H15N3O4. The molecule has 0 bridgehead atoms. The monoisotopic (exact) mass is 301 g/mol. The minimum absolute atomic E-state index is 0.0346. The third-order valence-electron chi connectivity index (χ3n) is 3.03. The number of methoxy groups -OCH3 is 1. The number of rotatable bonds is 5. The minimum Gasteiger partial charge on any atom is -0.481 e. The van der Waals surface area contributed by atoms with Crippen molar-refractivity contribution in [3.8, 4) is 5.88 Å². The summed E-state index contributed by atoms with van der Waals surface area (Å²) >= 11 is 0. The molecule has 0 atom stereocenters. The molecule has 0 spiro atoms. The lowest BCUT2D eigenvalue weighted by Gasteiger charge is -2.09. The quantitative estimate of drug-likeness (QED) is 0.676. The molecule has 114 valence electrons. The van der Waals surface area contributed by atoms with Gasteiger partial charge in [0.15, 0.2) is 0 Å². The molecular weight excluding hydrogens is 286 g/mol. The second-order valence-electron chi connectivity index (χ2n) is 4.64. The van der Waals surface area contributed by atoms with Gasteiger partial charge in [0.2, 0.25) is 11.8 Å². The highest BCUT2D eigenvalue weighted by Crippen LogP contribution is 2.18. The van der Waals surface area contributed by atoms with Crippen molar-refractivity contribution in [3.05, 3.63) is 57.8 Å². The summed E-state index contributed by atoms with van der Waals surface area (Å²) in [7, 11) is 1.52. The number of anilines is 1. The average Bonchev–Trinajstić information content (AvgIpc) is 2.49. The highest BCUT2D eigenvalue weighted by molar-refractivity contribution is 5.92. The maximum Gasteiger partial charge on any atom is 0.269 e. The number of non-ortho nitro benzene ring substituents is 1. The van der Waals surface area contributed by atoms with E-state index in [0.717, 1.165) is 0 Å². The standard InChI is InChI=1S/C15H15N3O4/c1-10-13(6-7-15(16-10)22-2)17-14(19)9-11-4-3-5-12(8-11)18(20)21/h3-8H,9H2,1-2H3,(H,17,19). The van der Waals surface area contributed by atoms with Crippen molar-refractivity contribution in [2.24, 2.45) is 0 Å². The van der Waals surface area contributed by atoms with Crippen LogP contribution in [-0.2, 0) is 11.2 Å². The van der Waals surface area contributed by atoms with Gasteiger partial charge in [-0.15, -0.1) is 0 Å². The van der Waals surface area contributed by atoms with Gasteiger partial charge in [0.25, 0.3) is 5.69 Å². The van der Waals surface area contributed by atoms with Gasteiger partial charge in [-0.3, -0.25) is 14.9 Å². The van der Waals surface area contributed by atoms with Crippen molar-refractivity contribution in [2.45, 2.75) is 13.3 Å². The molecule has 1 aromatic carbocycles. The maximum atomic E-state index is 12.0. The summed E-state index contributed by atoms with van der Waals surface area (Å²) in [4.78, 5) is 26.4. The zero-order valence-corrected chi connectivity index (χ0v) is 12.2. The first kappa shape index (κ1) is 15.4. The summed E-state index contributed by atoms with van der Waals surface area (Å²) in [6.07, 6.45) is 0.0488. The van der Waals surface area contributed by atoms with Gasteiger partial charge in [-0.2, -0.15) is 0 Å². The van der Waals surface area contributed by atoms with E-state index in [4.69, 9.17) is 4.74 Å². The third-order valence-corrected chi connectivity index (χ3v) is 3.03. The Bertz CT molecular complexity index is 716. The van der Waals surface area contributed by atoms with Gasteiger partial charge in [0, 0.05) is 18.2 Å². The molecule has 2 rings (SSSR count). The third kappa shape index (κ3) is 3.78. The molecule has 0 aliphatic rings. The van der Waals surface area contributed by atoms with Gasteiger partial charge < -0.3 is 10.1 Å². The first-order chi connectivity index (χ1) is 10.5. The zero-order valence-electron chi connectivity index (χ0n) is 12.2. The van der Waals surface area contributed by atoms with Crippen molar-refractivity contribution in [3.63, 3.8) is 0 Å². The topological polar surface area (TPSA) is 94.4 Å². The summed E-state index contributed by atoms with van der Waals surface area (Å²) in [5.74, 6) is 0.199. The normalized spacial score (nSPS) is 10.1. The lowest BCUT2D eigenvalue weighted by Crippen LogP contribution is -2.15. The van der Waals surface area contributed by atoms with Gasteiger partial charge in [0.05, 0.1) is 29.8 Å². The molecule has 0 saturated carbocycles. The molecule has 0 saturated heterocycles. The average molecular weight is 301 g/mol. The SMILES string of the molecule is COc1ccc(NC(=O)Cc2cccc([N+](=O)[O-])c2)c(C)n1. The molecule has 0 aliphatic carbocycles. The van der Waals surface area contributed by atoms with Crippen molar-refractivity contribution in [1.29, 1.82) is 0 Å². The van der Waals surface area contributed by atoms with E-state index in [1.54, 1.807) is 31.2 Å². The Balaban J connectivity index is 2.07. The molecule has 0 radical (unpaired) electrons. The van der Waals surface area contributed by atoms with Crippen molar-refractivity contribution >= 4 is 17.3 Å². The van der Waals surface area contributed by atoms with Gasteiger partial charge in [-0.05, 0) is 18.6 Å². The van der Waals surface area contributed by atoms with Gasteiger partial charge >= 0.3 is 0 Å². The molecule has 2 aromatic rings. The fourth-order valence-corrected chi connectivity index (χ4v) is 1.94. The molecule has 0 aliphatic heterocycles. The fourth-order valence-electron chi connectivity index (χ4n) is 1.94. The number of carbonyl (C=O) groups is 1. The molecule has 0 fully saturated rings. The molecule has 7 nitrogen and oxygen atoms in total. The molecule has 1 heterocycles. The maximum absolute atomic E-state index is 12.0. The van der Waals surface area contributed by atoms with Gasteiger partial charge in [-0.25, -0.2) is 4.98 Å². The molecule has 0 unspecified atom stereocenters. The summed E-state index contributed by atoms with van der Waals surface area (Å²) in [5, 5.41) is 13.5. The Morgan fingerprint density at radius 1 is 1.36 bits per heavy atom. The first-order valence-electron chi connectivity index (χ1n) is 6.54. The Morgan fingerprint density at radius 3 is 2.77 bits per heavy atom. The number of nitro benzene ring substituents is 1. The van der Waals surface area contributed by atoms with Crippen LogP contribution in [-0.4, -0.2) is 22.9 Å². The second-order valence-corrected chi connectivity index (χ2v) is 4.64. The number of aromatic nitrogens is 1. The number of benzene rings is 1. The van der Waals surface area contributed by atoms with Crippen LogP contribution in [0.5, 0.6) is 5.88 Å². The molecule has 1 aromatic heterocycles. The molecule has 22 heavy (non-hydrogen) atoms. The predicted octanol–water partition coefficient (Wildman–Crippen LogP) is 2.49. The van der Waals surface area contributed by atoms with E-state index < -0.39 is 4.92 Å². The van der Waals surface area contributed by atoms with Crippen molar-refractivity contribution in [1.82, 2.24) is 4.98 Å². The largest absolute Gasteiger partial charge is 0.481 e. The van der Waals surface area contributed by atoms with Crippen LogP contribution in [0, 0.1) is 17.0 Å². The molecule has 7 heteroatoms. The number of carbonyl (C=O) groups excluding carboxylic acids is 1. The van der Waals surface area contributed by atoms with E-state index in [-0.39, 0.29) is 18.0 Å². The smallest absolute Gasteiger partial charge is 0.269 e. The predicted molar refractivity (Wildman–Crippen MR) is 81.0 cm³/mol. The van der Waals surface area contributed by atoms with Crippen LogP contribution in [0.3, 0.4) is 0 Å². The number of nitrogens with one attached hydrogen (secondary N) is 1. The highest BCUT2D eigenvalue weighted by Gasteiger charge is 2.11. The van der Waals surface area contributed by atoms with E-state index in [9.17, 15) is 14.9 Å². The van der Waals surface area contributed by atoms with Gasteiger partial charge in [-0.1, -0.05) is 12.1 Å². The van der Waals surface area contributed by atoms with E-state index >= 15 is 0 Å². The van der Waals surface area contributed by atoms with E-state index in [1.807, 2.05) is 0 Å². The number of ether oxygens (including phenoxy) is 1. The number of nitrogens with zero attached hydrogens (tertiary/aromatic N) is 2. The number of aryl methyl sites for hydroxylation is 1. The number of nitro groups is 1. The lowest BCUT2D eigenvalue weighted by atomic mass is 10.1. The molecule has 1 N–H and O–H groups in total. The van der Waals surface area contributed by atoms with E-state index in [2.05, 4.69) is 10.3 Å². The van der Waals surface area contributed by atoms with Crippen molar-refractivity contribution < 1.29 is 14.5 Å². The number of hydrogen-bond donors (Lipinski definition) is 1. The first-order valence-corrected chi connectivity index (χ1v) is 6.54. The minimum atomic E-state index is -0.487. The Labute approximate surface area is 127 Å². The lowest BCUT2D eigenvalue weighted by molar-refractivity contribution is -0.384. The summed E-state index contributed by atoms with van der Waals surface area (Å²) in [6.45, 7) is 1.76. The van der Waals surface area contributed by atoms with Crippen LogP contribution in [0.1, 0.15) is 11.3 Å². The Kier molecular flexibility index (Phi) is 4.67. The summed E-state index contributed by atoms with van der Waals surface area (Å²) in [5.41, 5.74) is 1.75. The van der Waals surface area contributed by atoms with E-state index in [0.29, 0.717) is 22.8 Å². The second kappa shape index (κ2) is 6.66. The van der Waals surface area contributed by atoms with Crippen LogP contribution in [0.25, 0.3) is 0 Å². The van der Waals surface area contributed by atoms with E-state index in [1.165, 1.54) is 19.2 Å². The molecule has 1 amide bonds. The summed E-state index contributed by atoms with van der Waals surface area (Å²) in [6, 6.07) is 9.35. The number of pyridine rings is 1. The van der Waals surface area contributed by atoms with Crippen LogP contribution >= 0.6 is 0 Å².